The van der Waals surface area contributed by atoms with Crippen LogP contribution in [0, 0.1) is 0 Å². The van der Waals surface area contributed by atoms with Crippen molar-refractivity contribution in [2.75, 3.05) is 6.61 Å². The van der Waals surface area contributed by atoms with Gasteiger partial charge in [-0.05, 0) is 35.2 Å². The van der Waals surface area contributed by atoms with Gasteiger partial charge in [-0.15, -0.1) is 0 Å². The summed E-state index contributed by atoms with van der Waals surface area (Å²) in [5, 5.41) is 13.4. The molecule has 0 aliphatic carbocycles. The largest absolute Gasteiger partial charge is 0.507 e. The quantitative estimate of drug-likeness (QED) is 0.654. The van der Waals surface area contributed by atoms with Crippen molar-refractivity contribution in [1.29, 1.82) is 0 Å². The number of aromatic hydroxyl groups is 1. The van der Waals surface area contributed by atoms with Crippen molar-refractivity contribution in [1.82, 2.24) is 5.43 Å². The van der Waals surface area contributed by atoms with Crippen molar-refractivity contribution >= 4 is 12.1 Å². The van der Waals surface area contributed by atoms with E-state index in [1.165, 1.54) is 11.8 Å². The zero-order chi connectivity index (χ0) is 17.6. The van der Waals surface area contributed by atoms with E-state index < -0.39 is 0 Å². The molecular weight excluding hydrogens is 304 g/mol. The van der Waals surface area contributed by atoms with Crippen molar-refractivity contribution in [3.63, 3.8) is 0 Å². The van der Waals surface area contributed by atoms with Gasteiger partial charge >= 0.3 is 0 Å². The molecule has 0 saturated heterocycles. The third-order valence-corrected chi connectivity index (χ3v) is 3.42. The molecule has 5 heteroatoms. The van der Waals surface area contributed by atoms with Crippen LogP contribution in [0.25, 0.3) is 0 Å². The van der Waals surface area contributed by atoms with E-state index in [4.69, 9.17) is 4.74 Å². The first-order valence-corrected chi connectivity index (χ1v) is 7.69. The van der Waals surface area contributed by atoms with E-state index in [2.05, 4.69) is 31.3 Å². The van der Waals surface area contributed by atoms with Gasteiger partial charge in [-0.25, -0.2) is 5.43 Å². The molecule has 24 heavy (non-hydrogen) atoms. The lowest BCUT2D eigenvalue weighted by Gasteiger charge is -2.19. The van der Waals surface area contributed by atoms with Gasteiger partial charge in [0.1, 0.15) is 11.5 Å². The molecule has 0 heterocycles. The minimum Gasteiger partial charge on any atom is -0.507 e. The van der Waals surface area contributed by atoms with E-state index >= 15 is 0 Å². The molecule has 0 unspecified atom stereocenters. The minimum absolute atomic E-state index is 0.0770. The number of hydrazone groups is 1. The van der Waals surface area contributed by atoms with Crippen molar-refractivity contribution < 1.29 is 14.6 Å². The number of para-hydroxylation sites is 1. The summed E-state index contributed by atoms with van der Waals surface area (Å²) < 4.78 is 5.43. The number of nitrogens with one attached hydrogen (secondary N) is 1. The van der Waals surface area contributed by atoms with E-state index in [9.17, 15) is 9.90 Å². The predicted molar refractivity (Wildman–Crippen MR) is 94.5 cm³/mol. The van der Waals surface area contributed by atoms with E-state index in [0.717, 1.165) is 0 Å². The molecule has 0 bridgehead atoms. The number of ether oxygens (including phenoxy) is 1. The van der Waals surface area contributed by atoms with Crippen LogP contribution in [0.3, 0.4) is 0 Å². The smallest absolute Gasteiger partial charge is 0.277 e. The SMILES string of the molecule is CC(C)(C)c1ccc(OCC(=O)N/N=C\c2ccccc2O)cc1. The molecular formula is C19H22N2O3. The second-order valence-electron chi connectivity index (χ2n) is 6.42. The summed E-state index contributed by atoms with van der Waals surface area (Å²) in [6.45, 7) is 6.28. The maximum absolute atomic E-state index is 11.7. The average Bonchev–Trinajstić information content (AvgIpc) is 2.54. The summed E-state index contributed by atoms with van der Waals surface area (Å²) in [6.07, 6.45) is 1.38. The monoisotopic (exact) mass is 326 g/mol. The molecule has 0 atom stereocenters. The molecule has 0 fully saturated rings. The van der Waals surface area contributed by atoms with Gasteiger partial charge < -0.3 is 9.84 Å². The Kier molecular flexibility index (Phi) is 5.58. The number of hydrogen-bond acceptors (Lipinski definition) is 4. The second-order valence-corrected chi connectivity index (χ2v) is 6.42. The number of benzene rings is 2. The highest BCUT2D eigenvalue weighted by molar-refractivity contribution is 5.85. The molecule has 2 aromatic carbocycles. The van der Waals surface area contributed by atoms with Crippen LogP contribution in [-0.2, 0) is 10.2 Å². The van der Waals surface area contributed by atoms with Gasteiger partial charge in [0.25, 0.3) is 5.91 Å². The lowest BCUT2D eigenvalue weighted by molar-refractivity contribution is -0.123. The van der Waals surface area contributed by atoms with Crippen molar-refractivity contribution in [3.05, 3.63) is 59.7 Å². The predicted octanol–water partition coefficient (Wildman–Crippen LogP) is 3.22. The molecule has 2 N–H and O–H groups in total. The standard InChI is InChI=1S/C19H22N2O3/c1-19(2,3)15-8-10-16(11-9-15)24-13-18(23)21-20-12-14-6-4-5-7-17(14)22/h4-12,22H,13H2,1-3H3,(H,21,23)/b20-12-. The van der Waals surface area contributed by atoms with Crippen LogP contribution < -0.4 is 10.2 Å². The number of rotatable bonds is 5. The summed E-state index contributed by atoms with van der Waals surface area (Å²) in [7, 11) is 0. The van der Waals surface area contributed by atoms with E-state index in [1.54, 1.807) is 24.3 Å². The van der Waals surface area contributed by atoms with Crippen LogP contribution in [0.5, 0.6) is 11.5 Å². The van der Waals surface area contributed by atoms with Gasteiger partial charge in [0.2, 0.25) is 0 Å². The molecule has 2 rings (SSSR count). The van der Waals surface area contributed by atoms with Gasteiger partial charge in [-0.2, -0.15) is 5.10 Å². The zero-order valence-corrected chi connectivity index (χ0v) is 14.1. The Bertz CT molecular complexity index is 716. The van der Waals surface area contributed by atoms with Gasteiger partial charge in [0.15, 0.2) is 6.61 Å². The molecule has 0 saturated carbocycles. The van der Waals surface area contributed by atoms with E-state index in [-0.39, 0.29) is 23.7 Å². The maximum atomic E-state index is 11.7. The zero-order valence-electron chi connectivity index (χ0n) is 14.1. The van der Waals surface area contributed by atoms with Crippen LogP contribution in [0.4, 0.5) is 0 Å². The Morgan fingerprint density at radius 3 is 2.46 bits per heavy atom. The third kappa shape index (κ3) is 5.12. The highest BCUT2D eigenvalue weighted by Gasteiger charge is 2.13. The summed E-state index contributed by atoms with van der Waals surface area (Å²) >= 11 is 0. The lowest BCUT2D eigenvalue weighted by Crippen LogP contribution is -2.24. The van der Waals surface area contributed by atoms with Gasteiger partial charge in [-0.1, -0.05) is 45.0 Å². The molecule has 0 aromatic heterocycles. The number of hydrogen-bond donors (Lipinski definition) is 2. The number of amides is 1. The first-order valence-electron chi connectivity index (χ1n) is 7.69. The van der Waals surface area contributed by atoms with Crippen LogP contribution in [-0.4, -0.2) is 23.8 Å². The molecule has 0 aliphatic rings. The third-order valence-electron chi connectivity index (χ3n) is 3.42. The van der Waals surface area contributed by atoms with Crippen LogP contribution >= 0.6 is 0 Å². The number of phenols is 1. The summed E-state index contributed by atoms with van der Waals surface area (Å²) in [4.78, 5) is 11.7. The summed E-state index contributed by atoms with van der Waals surface area (Å²) in [6, 6.07) is 14.4. The van der Waals surface area contributed by atoms with Crippen LogP contribution in [0.15, 0.2) is 53.6 Å². The minimum atomic E-state index is -0.374. The van der Waals surface area contributed by atoms with Gasteiger partial charge in [0, 0.05) is 5.56 Å². The Morgan fingerprint density at radius 2 is 1.83 bits per heavy atom. The summed E-state index contributed by atoms with van der Waals surface area (Å²) in [5.41, 5.74) is 4.16. The summed E-state index contributed by atoms with van der Waals surface area (Å²) in [5.74, 6) is 0.357. The number of carbonyl (C=O) groups excluding carboxylic acids is 1. The maximum Gasteiger partial charge on any atom is 0.277 e. The average molecular weight is 326 g/mol. The normalized spacial score (nSPS) is 11.5. The Balaban J connectivity index is 1.82. The molecule has 2 aromatic rings. The van der Waals surface area contributed by atoms with Crippen molar-refractivity contribution in [2.45, 2.75) is 26.2 Å². The fourth-order valence-corrected chi connectivity index (χ4v) is 2.00. The highest BCUT2D eigenvalue weighted by Crippen LogP contribution is 2.24. The van der Waals surface area contributed by atoms with Gasteiger partial charge in [-0.3, -0.25) is 4.79 Å². The van der Waals surface area contributed by atoms with E-state index in [0.29, 0.717) is 11.3 Å². The van der Waals surface area contributed by atoms with Crippen LogP contribution in [0.1, 0.15) is 31.9 Å². The molecule has 1 amide bonds. The molecule has 126 valence electrons. The van der Waals surface area contributed by atoms with E-state index in [1.807, 2.05) is 24.3 Å². The number of carbonyl (C=O) groups is 1. The number of nitrogens with zero attached hydrogens (tertiary/aromatic N) is 1. The fraction of sp³-hybridized carbons (Fsp3) is 0.263. The highest BCUT2D eigenvalue weighted by atomic mass is 16.5. The Morgan fingerprint density at radius 1 is 1.17 bits per heavy atom. The topological polar surface area (TPSA) is 70.9 Å². The molecule has 0 radical (unpaired) electrons. The first kappa shape index (κ1) is 17.5. The molecule has 5 nitrogen and oxygen atoms in total. The molecule has 0 spiro atoms. The fourth-order valence-electron chi connectivity index (χ4n) is 2.00. The lowest BCUT2D eigenvalue weighted by atomic mass is 9.87. The number of phenolic OH excluding ortho intramolecular Hbond substituents is 1. The first-order chi connectivity index (χ1) is 11.4. The molecule has 0 aliphatic heterocycles. The second kappa shape index (κ2) is 7.64. The van der Waals surface area contributed by atoms with Crippen LogP contribution in [0.2, 0.25) is 0 Å². The van der Waals surface area contributed by atoms with Crippen molar-refractivity contribution in [3.8, 4) is 11.5 Å². The Hall–Kier alpha value is -2.82. The Labute approximate surface area is 142 Å². The van der Waals surface area contributed by atoms with Crippen molar-refractivity contribution in [2.24, 2.45) is 5.10 Å². The van der Waals surface area contributed by atoms with Gasteiger partial charge in [0.05, 0.1) is 6.21 Å².